The van der Waals surface area contributed by atoms with Crippen LogP contribution in [0.4, 0.5) is 0 Å². The number of carbonyl (C=O) groups excluding carboxylic acids is 5. The van der Waals surface area contributed by atoms with Crippen molar-refractivity contribution < 1.29 is 128 Å². The highest BCUT2D eigenvalue weighted by Gasteiger charge is 2.57. The molecule has 31 heteroatoms. The smallest absolute Gasteiger partial charge is 0.251 e. The number of aliphatic hydroxyl groups is 11. The molecule has 88 heavy (non-hydrogen) atoms. The summed E-state index contributed by atoms with van der Waals surface area (Å²) in [5.41, 5.74) is 0.0495. The third kappa shape index (κ3) is 18.6. The van der Waals surface area contributed by atoms with Crippen molar-refractivity contribution in [2.75, 3.05) is 39.6 Å². The van der Waals surface area contributed by atoms with E-state index < -0.39 is 216 Å². The van der Waals surface area contributed by atoms with Gasteiger partial charge in [-0.1, -0.05) is 32.3 Å². The molecule has 0 bridgehead atoms. The highest BCUT2D eigenvalue weighted by molar-refractivity contribution is 5.94. The molecule has 0 saturated carbocycles. The van der Waals surface area contributed by atoms with E-state index in [1.165, 1.54) is 32.4 Å². The Hall–Kier alpha value is -4.87. The molecular formula is C57H89N5O26. The number of hydrogen-bond donors (Lipinski definition) is 16. The van der Waals surface area contributed by atoms with Crippen molar-refractivity contribution in [3.8, 4) is 17.6 Å². The van der Waals surface area contributed by atoms with Crippen LogP contribution in [0.3, 0.4) is 0 Å². The van der Waals surface area contributed by atoms with E-state index in [-0.39, 0.29) is 5.56 Å². The van der Waals surface area contributed by atoms with Crippen LogP contribution >= 0.6 is 0 Å². The summed E-state index contributed by atoms with van der Waals surface area (Å²) in [5, 5.41) is 135. The molecule has 5 amide bonds. The minimum Gasteiger partial charge on any atom is -0.494 e. The van der Waals surface area contributed by atoms with Crippen molar-refractivity contribution in [2.24, 2.45) is 0 Å². The lowest BCUT2D eigenvalue weighted by molar-refractivity contribution is -0.366. The lowest BCUT2D eigenvalue weighted by Crippen LogP contribution is -2.72. The van der Waals surface area contributed by atoms with Crippen molar-refractivity contribution in [2.45, 2.75) is 240 Å². The third-order valence-corrected chi connectivity index (χ3v) is 15.6. The highest BCUT2D eigenvalue weighted by Crippen LogP contribution is 2.36. The third-order valence-electron chi connectivity index (χ3n) is 15.6. The summed E-state index contributed by atoms with van der Waals surface area (Å²) in [6, 6.07) is -1.69. The molecule has 0 spiro atoms. The van der Waals surface area contributed by atoms with Crippen LogP contribution < -0.4 is 31.3 Å². The molecule has 13 unspecified atom stereocenters. The standard InChI is InChI=1S/C57H89N5O26/c1-7-8-9-10-11-12-13-14-15-19-79-32-18-16-17-31(20-32)53(78)62-39-44(73)43(72)33(21-63)81-54(39)86-50-35(23-65)83-56(41(46(50)75)60-29(5)70)88-52-37(25-67)84-57(42(48(52)77)61-30(6)71)87-51-36(24-66)82-55(40(47(51)76)59-28(4)69)85-49-34(22-64)80-26(2)38(45(49)74)58-27(3)68/h16-18,20,26,33-52,54-57,63-67,72-77H,7-11,14-15,19,21-25H2,1-6H3,(H,58,68)(H,59,69)(H,60,70)(H,61,71)(H,62,78)/t26?,33?,34?,35-,36-,37?,38+,39-,40?,41?,42-,43+,44+,45+,46?,47?,48+,49?,50+,51+,52?,54?,55?,56?,57-/m0/s1. The van der Waals surface area contributed by atoms with E-state index in [0.29, 0.717) is 25.2 Å². The van der Waals surface area contributed by atoms with Gasteiger partial charge in [0.2, 0.25) is 23.6 Å². The van der Waals surface area contributed by atoms with Gasteiger partial charge in [-0.2, -0.15) is 0 Å². The molecule has 498 valence electrons. The molecule has 5 saturated heterocycles. The van der Waals surface area contributed by atoms with Crippen LogP contribution in [0.2, 0.25) is 0 Å². The molecule has 0 aliphatic carbocycles. The van der Waals surface area contributed by atoms with Crippen LogP contribution in [0, 0.1) is 11.8 Å². The Kier molecular flexibility index (Phi) is 28.3. The number of unbranched alkanes of at least 4 members (excludes halogenated alkanes) is 5. The van der Waals surface area contributed by atoms with E-state index in [1.54, 1.807) is 12.1 Å². The van der Waals surface area contributed by atoms with Gasteiger partial charge in [-0.15, -0.1) is 11.8 Å². The van der Waals surface area contributed by atoms with Crippen molar-refractivity contribution in [1.29, 1.82) is 0 Å². The fourth-order valence-corrected chi connectivity index (χ4v) is 11.2. The second-order valence-corrected chi connectivity index (χ2v) is 22.4. The number of amides is 5. The Balaban J connectivity index is 1.18. The Bertz CT molecular complexity index is 2460. The molecule has 0 aromatic heterocycles. The molecule has 5 fully saturated rings. The highest BCUT2D eigenvalue weighted by atomic mass is 16.8. The summed E-state index contributed by atoms with van der Waals surface area (Å²) in [6.45, 7) is 3.87. The van der Waals surface area contributed by atoms with Crippen molar-refractivity contribution in [1.82, 2.24) is 26.6 Å². The van der Waals surface area contributed by atoms with Crippen molar-refractivity contribution in [3.05, 3.63) is 29.8 Å². The number of rotatable bonds is 27. The van der Waals surface area contributed by atoms with Crippen LogP contribution in [0.15, 0.2) is 24.3 Å². The minimum absolute atomic E-state index is 0.0495. The monoisotopic (exact) mass is 1260 g/mol. The number of hydrogen-bond acceptors (Lipinski definition) is 26. The minimum atomic E-state index is -2.01. The van der Waals surface area contributed by atoms with Gasteiger partial charge in [-0.25, -0.2) is 0 Å². The van der Waals surface area contributed by atoms with Gasteiger partial charge < -0.3 is 130 Å². The second kappa shape index (κ2) is 34.5. The van der Waals surface area contributed by atoms with Gasteiger partial charge >= 0.3 is 0 Å². The number of nitrogens with one attached hydrogen (secondary N) is 5. The van der Waals surface area contributed by atoms with Crippen molar-refractivity contribution in [3.63, 3.8) is 0 Å². The first kappa shape index (κ1) is 72.2. The molecule has 5 aliphatic rings. The molecular weight excluding hydrogens is 1170 g/mol. The Morgan fingerprint density at radius 1 is 0.466 bits per heavy atom. The van der Waals surface area contributed by atoms with E-state index in [2.05, 4.69) is 45.3 Å². The van der Waals surface area contributed by atoms with Crippen LogP contribution in [-0.4, -0.2) is 278 Å². The van der Waals surface area contributed by atoms with Crippen molar-refractivity contribution >= 4 is 29.5 Å². The van der Waals surface area contributed by atoms with Crippen LogP contribution in [-0.2, 0) is 61.8 Å². The molecule has 0 radical (unpaired) electrons. The van der Waals surface area contributed by atoms with E-state index >= 15 is 0 Å². The maximum atomic E-state index is 13.9. The topological polar surface area (TPSA) is 460 Å². The number of aliphatic hydroxyl groups excluding tert-OH is 11. The molecule has 31 nitrogen and oxygen atoms in total. The van der Waals surface area contributed by atoms with Gasteiger partial charge in [0.25, 0.3) is 5.91 Å². The largest absolute Gasteiger partial charge is 0.494 e. The van der Waals surface area contributed by atoms with Gasteiger partial charge in [0.1, 0.15) is 121 Å². The van der Waals surface area contributed by atoms with Gasteiger partial charge in [-0.05, 0) is 38.0 Å². The first-order valence-electron chi connectivity index (χ1n) is 29.6. The summed E-state index contributed by atoms with van der Waals surface area (Å²) < 4.78 is 60.5. The number of carbonyl (C=O) groups is 5. The normalized spacial score (nSPS) is 37.5. The summed E-state index contributed by atoms with van der Waals surface area (Å²) in [5.74, 6) is 2.96. The predicted octanol–water partition coefficient (Wildman–Crippen LogP) is -5.71. The molecule has 1 aromatic rings. The zero-order valence-corrected chi connectivity index (χ0v) is 50.0. The zero-order valence-electron chi connectivity index (χ0n) is 50.0. The summed E-state index contributed by atoms with van der Waals surface area (Å²) >= 11 is 0. The fraction of sp³-hybridized carbons (Fsp3) is 0.772. The summed E-state index contributed by atoms with van der Waals surface area (Å²) in [4.78, 5) is 64.3. The molecule has 5 heterocycles. The summed E-state index contributed by atoms with van der Waals surface area (Å²) in [6.07, 6.45) is -27.3. The second-order valence-electron chi connectivity index (χ2n) is 22.4. The van der Waals surface area contributed by atoms with Gasteiger partial charge in [0.05, 0.1) is 51.8 Å². The average Bonchev–Trinajstić information content (AvgIpc) is 1.44. The van der Waals surface area contributed by atoms with E-state index in [0.717, 1.165) is 46.5 Å². The van der Waals surface area contributed by atoms with Crippen LogP contribution in [0.25, 0.3) is 0 Å². The van der Waals surface area contributed by atoms with Crippen LogP contribution in [0.1, 0.15) is 96.8 Å². The Labute approximate surface area is 508 Å². The lowest BCUT2D eigenvalue weighted by atomic mass is 9.92. The van der Waals surface area contributed by atoms with Gasteiger partial charge in [0, 0.05) is 46.1 Å². The Morgan fingerprint density at radius 2 is 0.841 bits per heavy atom. The predicted molar refractivity (Wildman–Crippen MR) is 299 cm³/mol. The first-order valence-corrected chi connectivity index (χ1v) is 29.6. The average molecular weight is 1260 g/mol. The maximum absolute atomic E-state index is 13.9. The fourth-order valence-electron chi connectivity index (χ4n) is 11.2. The summed E-state index contributed by atoms with van der Waals surface area (Å²) in [7, 11) is 0. The molecule has 1 aromatic carbocycles. The Morgan fingerprint density at radius 3 is 1.25 bits per heavy atom. The SMILES string of the molecule is CCCCCCC#CCCCOc1cccc(C(=O)N[C@@H]2C(O[C@H]3C(O)C(NC(C)=O)C(OC4C(CO)O[C@@H](O[C@H]5C(O)C(NC(C)=O)C(OC6C(CO)OC(C)[C@@H](NC(C)=O)[C@H]6O)O[C@H]5CO)[C@@H](NC(C)=O)[C@H]4O)O[C@H]3CO)OC(CO)[C@@H](O)[C@@H]2O)c1. The molecule has 5 aliphatic heterocycles. The van der Waals surface area contributed by atoms with E-state index in [4.69, 9.17) is 47.4 Å². The maximum Gasteiger partial charge on any atom is 0.251 e. The number of benzene rings is 1. The quantitative estimate of drug-likeness (QED) is 0.0288. The van der Waals surface area contributed by atoms with E-state index in [1.807, 2.05) is 0 Å². The molecule has 16 N–H and O–H groups in total. The lowest BCUT2D eigenvalue weighted by Gasteiger charge is -2.51. The molecule has 6 rings (SSSR count). The zero-order chi connectivity index (χ0) is 64.5. The van der Waals surface area contributed by atoms with Crippen LogP contribution in [0.5, 0.6) is 5.75 Å². The molecule has 25 atom stereocenters. The first-order chi connectivity index (χ1) is 42.0. The van der Waals surface area contributed by atoms with Gasteiger partial charge in [0.15, 0.2) is 25.2 Å². The number of ether oxygens (including phenoxy) is 10. The van der Waals surface area contributed by atoms with E-state index in [9.17, 15) is 80.1 Å². The van der Waals surface area contributed by atoms with Gasteiger partial charge in [-0.3, -0.25) is 24.0 Å².